The van der Waals surface area contributed by atoms with Crippen LogP contribution in [-0.2, 0) is 0 Å². The van der Waals surface area contributed by atoms with E-state index in [1.54, 1.807) is 21.0 Å². The van der Waals surface area contributed by atoms with Gasteiger partial charge in [-0.25, -0.2) is 18.7 Å². The molecular formula is C27H29F2N7O2. The zero-order chi connectivity index (χ0) is 27.0. The number of hydrogen-bond acceptors (Lipinski definition) is 7. The molecule has 3 heterocycles. The number of benzene rings is 2. The number of likely N-dealkylation sites (N-methyl/N-ethyl adjacent to an activating group) is 1. The number of piperazine rings is 1. The number of aryl methyl sites for hydroxylation is 1. The molecule has 0 unspecified atom stereocenters. The third kappa shape index (κ3) is 4.97. The Morgan fingerprint density at radius 2 is 1.87 bits per heavy atom. The average Bonchev–Trinajstić information content (AvgIpc) is 3.30. The van der Waals surface area contributed by atoms with Crippen LogP contribution in [0.2, 0.25) is 0 Å². The smallest absolute Gasteiger partial charge is 0.262 e. The van der Waals surface area contributed by atoms with Crippen LogP contribution >= 0.6 is 0 Å². The monoisotopic (exact) mass is 521 g/mol. The van der Waals surface area contributed by atoms with Crippen molar-refractivity contribution in [2.45, 2.75) is 6.92 Å². The van der Waals surface area contributed by atoms with Crippen molar-refractivity contribution in [3.05, 3.63) is 65.6 Å². The maximum atomic E-state index is 15.3. The molecule has 1 fully saturated rings. The second-order valence-electron chi connectivity index (χ2n) is 9.58. The zero-order valence-corrected chi connectivity index (χ0v) is 21.7. The summed E-state index contributed by atoms with van der Waals surface area (Å²) in [5.41, 5.74) is 2.39. The van der Waals surface area contributed by atoms with Gasteiger partial charge in [0.05, 0.1) is 5.52 Å². The van der Waals surface area contributed by atoms with Gasteiger partial charge in [0.15, 0.2) is 23.2 Å². The average molecular weight is 522 g/mol. The van der Waals surface area contributed by atoms with E-state index >= 15 is 4.39 Å². The number of anilines is 3. The van der Waals surface area contributed by atoms with Gasteiger partial charge in [0.1, 0.15) is 11.9 Å². The van der Waals surface area contributed by atoms with Crippen molar-refractivity contribution in [3.63, 3.8) is 0 Å². The normalized spacial score (nSPS) is 14.1. The Labute approximate surface area is 219 Å². The molecule has 198 valence electrons. The molecule has 1 aliphatic rings. The standard InChI is InChI=1S/C27H29F2N7O2/c1-16-12-19-23(29)21(14-20(28)24(19)32-16)38-26-22(27(37)34(2)3)25(30-15-31-26)33-17-6-5-7-18(13-17)36-10-8-35(4)9-11-36/h5-7,12-15,32H,8-11H2,1-4H3,(H,30,31,33). The van der Waals surface area contributed by atoms with E-state index in [0.29, 0.717) is 11.4 Å². The Balaban J connectivity index is 1.50. The number of nitrogens with zero attached hydrogens (tertiary/aromatic N) is 5. The predicted octanol–water partition coefficient (Wildman–Crippen LogP) is 4.53. The molecule has 5 rings (SSSR count). The molecule has 1 amide bonds. The summed E-state index contributed by atoms with van der Waals surface area (Å²) in [5.74, 6) is -2.30. The quantitative estimate of drug-likeness (QED) is 0.385. The van der Waals surface area contributed by atoms with E-state index in [1.165, 1.54) is 17.3 Å². The van der Waals surface area contributed by atoms with Crippen molar-refractivity contribution in [1.82, 2.24) is 24.8 Å². The number of rotatable bonds is 6. The minimum absolute atomic E-state index is 0.00680. The highest BCUT2D eigenvalue weighted by Crippen LogP contribution is 2.35. The Morgan fingerprint density at radius 1 is 1.11 bits per heavy atom. The van der Waals surface area contributed by atoms with Crippen molar-refractivity contribution in [1.29, 1.82) is 0 Å². The highest BCUT2D eigenvalue weighted by atomic mass is 19.1. The van der Waals surface area contributed by atoms with Crippen molar-refractivity contribution >= 4 is 34.0 Å². The Bertz CT molecular complexity index is 1500. The predicted molar refractivity (Wildman–Crippen MR) is 143 cm³/mol. The van der Waals surface area contributed by atoms with Gasteiger partial charge in [-0.15, -0.1) is 0 Å². The van der Waals surface area contributed by atoms with Crippen molar-refractivity contribution in [2.24, 2.45) is 0 Å². The van der Waals surface area contributed by atoms with Gasteiger partial charge in [0.25, 0.3) is 5.91 Å². The molecule has 0 aliphatic carbocycles. The number of fused-ring (bicyclic) bond motifs is 1. The molecule has 2 aromatic carbocycles. The molecule has 9 nitrogen and oxygen atoms in total. The summed E-state index contributed by atoms with van der Waals surface area (Å²) in [7, 11) is 5.25. The first-order chi connectivity index (χ1) is 18.2. The lowest BCUT2D eigenvalue weighted by molar-refractivity contribution is 0.0825. The molecule has 2 aromatic heterocycles. The minimum atomic E-state index is -0.762. The van der Waals surface area contributed by atoms with Gasteiger partial charge >= 0.3 is 0 Å². The Morgan fingerprint density at radius 3 is 2.61 bits per heavy atom. The fourth-order valence-corrected chi connectivity index (χ4v) is 4.45. The molecule has 0 atom stereocenters. The van der Waals surface area contributed by atoms with Crippen LogP contribution < -0.4 is 15.0 Å². The van der Waals surface area contributed by atoms with E-state index in [4.69, 9.17) is 4.74 Å². The van der Waals surface area contributed by atoms with Crippen LogP contribution in [0.25, 0.3) is 10.9 Å². The number of aromatic amines is 1. The van der Waals surface area contributed by atoms with Crippen LogP contribution in [0, 0.1) is 18.6 Å². The van der Waals surface area contributed by atoms with Gasteiger partial charge in [-0.2, -0.15) is 0 Å². The second kappa shape index (κ2) is 10.3. The largest absolute Gasteiger partial charge is 0.435 e. The number of H-pyrrole nitrogens is 1. The summed E-state index contributed by atoms with van der Waals surface area (Å²) in [4.78, 5) is 30.3. The number of aromatic nitrogens is 3. The molecule has 4 aromatic rings. The van der Waals surface area contributed by atoms with Crippen LogP contribution in [0.4, 0.5) is 26.0 Å². The first kappa shape index (κ1) is 25.4. The third-order valence-electron chi connectivity index (χ3n) is 6.52. The molecule has 38 heavy (non-hydrogen) atoms. The lowest BCUT2D eigenvalue weighted by Gasteiger charge is -2.34. The molecule has 0 saturated carbocycles. The van der Waals surface area contributed by atoms with E-state index in [9.17, 15) is 9.18 Å². The van der Waals surface area contributed by atoms with Crippen molar-refractivity contribution in [3.8, 4) is 11.6 Å². The maximum absolute atomic E-state index is 15.3. The van der Waals surface area contributed by atoms with E-state index in [2.05, 4.69) is 37.1 Å². The highest BCUT2D eigenvalue weighted by molar-refractivity contribution is 6.01. The maximum Gasteiger partial charge on any atom is 0.262 e. The summed E-state index contributed by atoms with van der Waals surface area (Å²) in [5, 5.41) is 3.24. The van der Waals surface area contributed by atoms with Gasteiger partial charge in [0.2, 0.25) is 5.88 Å². The summed E-state index contributed by atoms with van der Waals surface area (Å²) in [6.45, 7) is 5.45. The molecule has 2 N–H and O–H groups in total. The highest BCUT2D eigenvalue weighted by Gasteiger charge is 2.25. The van der Waals surface area contributed by atoms with Crippen molar-refractivity contribution < 1.29 is 18.3 Å². The first-order valence-electron chi connectivity index (χ1n) is 12.2. The molecule has 0 radical (unpaired) electrons. The van der Waals surface area contributed by atoms with Gasteiger partial charge in [-0.3, -0.25) is 4.79 Å². The van der Waals surface area contributed by atoms with E-state index in [0.717, 1.165) is 37.9 Å². The molecule has 1 aliphatic heterocycles. The number of carbonyl (C=O) groups is 1. The number of carbonyl (C=O) groups excluding carboxylic acids is 1. The number of amides is 1. The van der Waals surface area contributed by atoms with Crippen LogP contribution in [-0.4, -0.2) is 78.0 Å². The van der Waals surface area contributed by atoms with Crippen LogP contribution in [0.15, 0.2) is 42.7 Å². The fourth-order valence-electron chi connectivity index (χ4n) is 4.45. The molecular weight excluding hydrogens is 492 g/mol. The zero-order valence-electron chi connectivity index (χ0n) is 21.7. The lowest BCUT2D eigenvalue weighted by Crippen LogP contribution is -2.44. The summed E-state index contributed by atoms with van der Waals surface area (Å²) in [6.07, 6.45) is 1.21. The SMILES string of the molecule is Cc1cc2c(F)c(Oc3ncnc(Nc4cccc(N5CCN(C)CC5)c4)c3C(=O)N(C)C)cc(F)c2[nH]1. The number of ether oxygens (including phenoxy) is 1. The Kier molecular flexibility index (Phi) is 6.85. The summed E-state index contributed by atoms with van der Waals surface area (Å²) >= 11 is 0. The topological polar surface area (TPSA) is 89.6 Å². The minimum Gasteiger partial charge on any atom is -0.435 e. The first-order valence-corrected chi connectivity index (χ1v) is 12.2. The lowest BCUT2D eigenvalue weighted by atomic mass is 10.2. The fraction of sp³-hybridized carbons (Fsp3) is 0.296. The van der Waals surface area contributed by atoms with Gasteiger partial charge < -0.3 is 29.7 Å². The second-order valence-corrected chi connectivity index (χ2v) is 9.58. The number of halogens is 2. The van der Waals surface area contributed by atoms with E-state index in [1.807, 2.05) is 24.3 Å². The molecule has 1 saturated heterocycles. The van der Waals surface area contributed by atoms with Crippen LogP contribution in [0.3, 0.4) is 0 Å². The number of hydrogen-bond donors (Lipinski definition) is 2. The van der Waals surface area contributed by atoms with Crippen LogP contribution in [0.5, 0.6) is 11.6 Å². The Hall–Kier alpha value is -4.25. The van der Waals surface area contributed by atoms with E-state index in [-0.39, 0.29) is 33.9 Å². The number of nitrogens with one attached hydrogen (secondary N) is 2. The van der Waals surface area contributed by atoms with Gasteiger partial charge in [-0.05, 0) is 38.2 Å². The summed E-state index contributed by atoms with van der Waals surface area (Å²) < 4.78 is 35.7. The molecule has 0 bridgehead atoms. The van der Waals surface area contributed by atoms with Crippen LogP contribution in [0.1, 0.15) is 16.1 Å². The molecule has 11 heteroatoms. The third-order valence-corrected chi connectivity index (χ3v) is 6.52. The van der Waals surface area contributed by atoms with Gasteiger partial charge in [-0.1, -0.05) is 6.07 Å². The summed E-state index contributed by atoms with van der Waals surface area (Å²) in [6, 6.07) is 10.2. The van der Waals surface area contributed by atoms with Gasteiger partial charge in [0, 0.05) is 68.8 Å². The van der Waals surface area contributed by atoms with E-state index < -0.39 is 17.5 Å². The molecule has 0 spiro atoms. The van der Waals surface area contributed by atoms with Crippen molar-refractivity contribution in [2.75, 3.05) is 57.5 Å².